The summed E-state index contributed by atoms with van der Waals surface area (Å²) < 4.78 is 32.4. The Bertz CT molecular complexity index is 559. The summed E-state index contributed by atoms with van der Waals surface area (Å²) in [5.41, 5.74) is -1.55. The van der Waals surface area contributed by atoms with E-state index >= 15 is 0 Å². The molecule has 0 saturated carbocycles. The third kappa shape index (κ3) is 3.72. The van der Waals surface area contributed by atoms with Gasteiger partial charge in [-0.2, -0.15) is 4.39 Å². The van der Waals surface area contributed by atoms with Crippen molar-refractivity contribution in [2.24, 2.45) is 0 Å². The van der Waals surface area contributed by atoms with Gasteiger partial charge < -0.3 is 10.1 Å². The quantitative estimate of drug-likeness (QED) is 0.667. The molecule has 1 unspecified atom stereocenters. The van der Waals surface area contributed by atoms with Crippen LogP contribution >= 0.6 is 0 Å². The zero-order valence-corrected chi connectivity index (χ0v) is 11.1. The molecule has 1 fully saturated rings. The van der Waals surface area contributed by atoms with Crippen molar-refractivity contribution in [2.75, 3.05) is 13.2 Å². The molecular weight excluding hydrogens is 286 g/mol. The Morgan fingerprint density at radius 1 is 1.43 bits per heavy atom. The molecule has 21 heavy (non-hydrogen) atoms. The van der Waals surface area contributed by atoms with Gasteiger partial charge in [-0.1, -0.05) is 0 Å². The molecule has 8 heteroatoms. The van der Waals surface area contributed by atoms with Crippen LogP contribution in [0.4, 0.5) is 14.5 Å². The summed E-state index contributed by atoms with van der Waals surface area (Å²) in [5, 5.41) is 12.9. The number of rotatable bonds is 5. The van der Waals surface area contributed by atoms with Crippen molar-refractivity contribution in [1.29, 1.82) is 0 Å². The summed E-state index contributed by atoms with van der Waals surface area (Å²) in [6, 6.07) is 0.944. The first-order chi connectivity index (χ1) is 9.99. The Morgan fingerprint density at radius 3 is 2.81 bits per heavy atom. The zero-order chi connectivity index (χ0) is 15.4. The highest BCUT2D eigenvalue weighted by atomic mass is 19.1. The Labute approximate surface area is 119 Å². The molecule has 1 heterocycles. The maximum atomic E-state index is 13.6. The highest BCUT2D eigenvalue weighted by Crippen LogP contribution is 2.21. The molecule has 0 radical (unpaired) electrons. The van der Waals surface area contributed by atoms with Gasteiger partial charge >= 0.3 is 5.69 Å². The van der Waals surface area contributed by atoms with Crippen LogP contribution in [0.1, 0.15) is 29.6 Å². The van der Waals surface area contributed by atoms with Gasteiger partial charge in [-0.15, -0.1) is 0 Å². The minimum Gasteiger partial charge on any atom is -0.378 e. The maximum Gasteiger partial charge on any atom is 0.307 e. The molecule has 1 amide bonds. The number of nitrogens with one attached hydrogen (secondary N) is 1. The van der Waals surface area contributed by atoms with E-state index in [1.54, 1.807) is 0 Å². The zero-order valence-electron chi connectivity index (χ0n) is 11.1. The number of hydrogen-bond acceptors (Lipinski definition) is 4. The van der Waals surface area contributed by atoms with Gasteiger partial charge in [0.25, 0.3) is 5.91 Å². The molecule has 1 aliphatic rings. The molecule has 6 nitrogen and oxygen atoms in total. The van der Waals surface area contributed by atoms with E-state index in [2.05, 4.69) is 5.32 Å². The van der Waals surface area contributed by atoms with Crippen LogP contribution in [0.25, 0.3) is 0 Å². The van der Waals surface area contributed by atoms with E-state index in [4.69, 9.17) is 4.74 Å². The standard InChI is InChI=1S/C13H14F2N2O4/c14-10-7-12(17(19)20)11(15)6-9(10)13(18)16-4-3-8-2-1-5-21-8/h6-8H,1-5H2,(H,16,18). The van der Waals surface area contributed by atoms with E-state index in [-0.39, 0.29) is 12.6 Å². The summed E-state index contributed by atoms with van der Waals surface area (Å²) >= 11 is 0. The van der Waals surface area contributed by atoms with Crippen molar-refractivity contribution in [3.05, 3.63) is 39.4 Å². The number of ether oxygens (including phenoxy) is 1. The Morgan fingerprint density at radius 2 is 2.19 bits per heavy atom. The second kappa shape index (κ2) is 6.57. The number of amides is 1. The molecule has 1 aromatic rings. The smallest absolute Gasteiger partial charge is 0.307 e. The fourth-order valence-corrected chi connectivity index (χ4v) is 2.16. The van der Waals surface area contributed by atoms with Crippen LogP contribution in [0.3, 0.4) is 0 Å². The number of nitro benzene ring substituents is 1. The van der Waals surface area contributed by atoms with Crippen LogP contribution in [-0.2, 0) is 4.74 Å². The second-order valence-corrected chi connectivity index (χ2v) is 4.72. The summed E-state index contributed by atoms with van der Waals surface area (Å²) in [7, 11) is 0. The molecule has 1 aromatic carbocycles. The number of nitrogens with zero attached hydrogens (tertiary/aromatic N) is 1. The number of carbonyl (C=O) groups excluding carboxylic acids is 1. The van der Waals surface area contributed by atoms with Gasteiger partial charge in [0.2, 0.25) is 5.82 Å². The predicted molar refractivity (Wildman–Crippen MR) is 68.9 cm³/mol. The average Bonchev–Trinajstić information content (AvgIpc) is 2.93. The normalized spacial score (nSPS) is 17.7. The summed E-state index contributed by atoms with van der Waals surface area (Å²) in [6.45, 7) is 0.961. The van der Waals surface area contributed by atoms with Crippen LogP contribution in [0.2, 0.25) is 0 Å². The number of hydrogen-bond donors (Lipinski definition) is 1. The molecule has 0 aliphatic carbocycles. The predicted octanol–water partition coefficient (Wildman–Crippen LogP) is 2.17. The lowest BCUT2D eigenvalue weighted by molar-refractivity contribution is -0.387. The third-order valence-electron chi connectivity index (χ3n) is 3.25. The molecule has 2 rings (SSSR count). The molecular formula is C13H14F2N2O4. The first-order valence-electron chi connectivity index (χ1n) is 6.52. The van der Waals surface area contributed by atoms with Gasteiger partial charge in [0.1, 0.15) is 5.82 Å². The second-order valence-electron chi connectivity index (χ2n) is 4.72. The van der Waals surface area contributed by atoms with Crippen molar-refractivity contribution < 1.29 is 23.2 Å². The van der Waals surface area contributed by atoms with Gasteiger partial charge in [0.05, 0.1) is 22.7 Å². The molecule has 0 aromatic heterocycles. The topological polar surface area (TPSA) is 81.5 Å². The maximum absolute atomic E-state index is 13.6. The third-order valence-corrected chi connectivity index (χ3v) is 3.25. The molecule has 114 valence electrons. The van der Waals surface area contributed by atoms with Crippen LogP contribution in [0.5, 0.6) is 0 Å². The van der Waals surface area contributed by atoms with Crippen molar-refractivity contribution in [3.63, 3.8) is 0 Å². The largest absolute Gasteiger partial charge is 0.378 e. The van der Waals surface area contributed by atoms with Crippen LogP contribution < -0.4 is 5.32 Å². The van der Waals surface area contributed by atoms with Crippen molar-refractivity contribution in [1.82, 2.24) is 5.32 Å². The lowest BCUT2D eigenvalue weighted by Gasteiger charge is -2.10. The van der Waals surface area contributed by atoms with Gasteiger partial charge in [-0.05, 0) is 25.3 Å². The molecule has 1 aliphatic heterocycles. The van der Waals surface area contributed by atoms with E-state index in [0.717, 1.165) is 12.8 Å². The molecule has 1 N–H and O–H groups in total. The molecule has 0 spiro atoms. The minimum absolute atomic E-state index is 0.0729. The van der Waals surface area contributed by atoms with Crippen molar-refractivity contribution in [3.8, 4) is 0 Å². The van der Waals surface area contributed by atoms with E-state index in [0.29, 0.717) is 25.2 Å². The van der Waals surface area contributed by atoms with Crippen molar-refractivity contribution in [2.45, 2.75) is 25.4 Å². The van der Waals surface area contributed by atoms with Gasteiger partial charge in [0, 0.05) is 13.2 Å². The number of carbonyl (C=O) groups is 1. The van der Waals surface area contributed by atoms with Gasteiger partial charge in [0.15, 0.2) is 0 Å². The van der Waals surface area contributed by atoms with Crippen LogP contribution in [0.15, 0.2) is 12.1 Å². The summed E-state index contributed by atoms with van der Waals surface area (Å²) in [6.07, 6.45) is 2.55. The van der Waals surface area contributed by atoms with E-state index in [9.17, 15) is 23.7 Å². The van der Waals surface area contributed by atoms with E-state index in [1.165, 1.54) is 0 Å². The Kier molecular flexibility index (Phi) is 4.79. The van der Waals surface area contributed by atoms with Gasteiger partial charge in [-0.25, -0.2) is 4.39 Å². The Balaban J connectivity index is 1.98. The molecule has 0 bridgehead atoms. The highest BCUT2D eigenvalue weighted by molar-refractivity contribution is 5.94. The van der Waals surface area contributed by atoms with Crippen LogP contribution in [-0.4, -0.2) is 30.1 Å². The lowest BCUT2D eigenvalue weighted by atomic mass is 10.1. The van der Waals surface area contributed by atoms with Crippen molar-refractivity contribution >= 4 is 11.6 Å². The van der Waals surface area contributed by atoms with E-state index < -0.39 is 33.7 Å². The minimum atomic E-state index is -1.24. The number of nitro groups is 1. The van der Waals surface area contributed by atoms with E-state index in [1.807, 2.05) is 0 Å². The first-order valence-corrected chi connectivity index (χ1v) is 6.52. The highest BCUT2D eigenvalue weighted by Gasteiger charge is 2.22. The number of benzene rings is 1. The summed E-state index contributed by atoms with van der Waals surface area (Å²) in [4.78, 5) is 21.2. The average molecular weight is 300 g/mol. The molecule has 1 atom stereocenters. The van der Waals surface area contributed by atoms with Gasteiger partial charge in [-0.3, -0.25) is 14.9 Å². The fraction of sp³-hybridized carbons (Fsp3) is 0.462. The molecule has 1 saturated heterocycles. The SMILES string of the molecule is O=C(NCCC1CCCO1)c1cc(F)c([N+](=O)[O-])cc1F. The number of halogens is 2. The van der Waals surface area contributed by atoms with Crippen LogP contribution in [0, 0.1) is 21.7 Å². The first kappa shape index (κ1) is 15.3. The summed E-state index contributed by atoms with van der Waals surface area (Å²) in [5.74, 6) is -3.18. The monoisotopic (exact) mass is 300 g/mol. The Hall–Kier alpha value is -2.09. The lowest BCUT2D eigenvalue weighted by Crippen LogP contribution is -2.28. The fourth-order valence-electron chi connectivity index (χ4n) is 2.16.